The van der Waals surface area contributed by atoms with Gasteiger partial charge in [-0.3, -0.25) is 9.59 Å². The fourth-order valence-electron chi connectivity index (χ4n) is 7.31. The van der Waals surface area contributed by atoms with Crippen LogP contribution in [0.3, 0.4) is 0 Å². The Morgan fingerprint density at radius 3 is 1.54 bits per heavy atom. The lowest BCUT2D eigenvalue weighted by molar-refractivity contribution is 0.103. The van der Waals surface area contributed by atoms with E-state index in [2.05, 4.69) is 0 Å². The number of phenols is 1. The molecule has 2 aliphatic carbocycles. The van der Waals surface area contributed by atoms with Gasteiger partial charge in [0, 0.05) is 54.6 Å². The lowest BCUT2D eigenvalue weighted by atomic mass is 9.76. The second-order valence-corrected chi connectivity index (χ2v) is 11.4. The largest absolute Gasteiger partial charge is 0.507 e. The van der Waals surface area contributed by atoms with Crippen LogP contribution in [0.5, 0.6) is 11.5 Å². The van der Waals surface area contributed by atoms with Crippen LogP contribution in [0.1, 0.15) is 45.7 Å². The van der Waals surface area contributed by atoms with Crippen LogP contribution in [0.25, 0.3) is 65.3 Å². The van der Waals surface area contributed by atoms with Crippen molar-refractivity contribution in [2.24, 2.45) is 0 Å². The van der Waals surface area contributed by atoms with E-state index in [0.717, 1.165) is 60.0 Å². The van der Waals surface area contributed by atoms with Crippen molar-refractivity contribution in [3.05, 3.63) is 107 Å². The molecule has 0 fully saturated rings. The molecule has 0 unspecified atom stereocenters. The third-order valence-electron chi connectivity index (χ3n) is 8.82. The molecule has 4 nitrogen and oxygen atoms in total. The number of ether oxygens (including phenoxy) is 1. The maximum Gasteiger partial charge on any atom is 0.194 e. The van der Waals surface area contributed by atoms with E-state index in [0.29, 0.717) is 33.4 Å². The summed E-state index contributed by atoms with van der Waals surface area (Å²) < 4.78 is 6.50. The molecular weight excluding hydrogens is 508 g/mol. The highest BCUT2D eigenvalue weighted by Gasteiger charge is 2.33. The van der Waals surface area contributed by atoms with Gasteiger partial charge in [-0.1, -0.05) is 60.7 Å². The first-order chi connectivity index (χ1) is 19.9. The number of ketones is 2. The topological polar surface area (TPSA) is 63.6 Å². The molecule has 9 rings (SSSR count). The maximum atomic E-state index is 13.8. The number of carbonyl (C=O) groups is 2. The van der Waals surface area contributed by atoms with Gasteiger partial charge < -0.3 is 9.84 Å². The molecule has 0 spiro atoms. The minimum atomic E-state index is -0.125. The van der Waals surface area contributed by atoms with Gasteiger partial charge in [0.15, 0.2) is 11.6 Å². The molecular formula is C37H22O4. The van der Waals surface area contributed by atoms with Gasteiger partial charge in [-0.25, -0.2) is 0 Å². The highest BCUT2D eigenvalue weighted by atomic mass is 16.5. The molecule has 7 aromatic rings. The summed E-state index contributed by atoms with van der Waals surface area (Å²) in [6, 6.07) is 26.9. The highest BCUT2D eigenvalue weighted by molar-refractivity contribution is 6.43. The van der Waals surface area contributed by atoms with Gasteiger partial charge in [0.05, 0.1) is 6.10 Å². The zero-order valence-electron chi connectivity index (χ0n) is 22.3. The fraction of sp³-hybridized carbons (Fsp3) is 0.0811. The van der Waals surface area contributed by atoms with Crippen molar-refractivity contribution < 1.29 is 19.4 Å². The first-order valence-corrected chi connectivity index (χ1v) is 13.9. The number of rotatable bonds is 2. The van der Waals surface area contributed by atoms with Crippen LogP contribution in [0.4, 0.5) is 0 Å². The summed E-state index contributed by atoms with van der Waals surface area (Å²) in [5.74, 6) is 0.741. The second-order valence-electron chi connectivity index (χ2n) is 11.4. The number of aromatic hydroxyl groups is 1. The van der Waals surface area contributed by atoms with Gasteiger partial charge in [-0.15, -0.1) is 0 Å². The van der Waals surface area contributed by atoms with Gasteiger partial charge in [-0.2, -0.15) is 0 Å². The molecule has 4 heteroatoms. The summed E-state index contributed by atoms with van der Waals surface area (Å²) in [7, 11) is 0. The van der Waals surface area contributed by atoms with Gasteiger partial charge in [0.1, 0.15) is 11.5 Å². The Kier molecular flexibility index (Phi) is 4.13. The average Bonchev–Trinajstić information content (AvgIpc) is 2.98. The van der Waals surface area contributed by atoms with Crippen LogP contribution >= 0.6 is 0 Å². The minimum absolute atomic E-state index is 0.00871. The monoisotopic (exact) mass is 530 g/mol. The zero-order valence-corrected chi connectivity index (χ0v) is 22.3. The predicted molar refractivity (Wildman–Crippen MR) is 163 cm³/mol. The lowest BCUT2D eigenvalue weighted by Gasteiger charge is -2.27. The summed E-state index contributed by atoms with van der Waals surface area (Å²) in [6.07, 6.45) is -0.125. The van der Waals surface area contributed by atoms with Crippen LogP contribution in [0.2, 0.25) is 0 Å². The van der Waals surface area contributed by atoms with E-state index < -0.39 is 0 Å². The predicted octanol–water partition coefficient (Wildman–Crippen LogP) is 8.65. The smallest absolute Gasteiger partial charge is 0.194 e. The van der Waals surface area contributed by atoms with Crippen molar-refractivity contribution >= 4 is 54.7 Å². The summed E-state index contributed by atoms with van der Waals surface area (Å²) in [4.78, 5) is 27.5. The molecule has 0 amide bonds. The van der Waals surface area contributed by atoms with Crippen molar-refractivity contribution in [3.8, 4) is 33.8 Å². The minimum Gasteiger partial charge on any atom is -0.507 e. The van der Waals surface area contributed by atoms with Gasteiger partial charge in [-0.05, 0) is 71.1 Å². The molecule has 0 saturated heterocycles. The zero-order chi connectivity index (χ0) is 27.7. The van der Waals surface area contributed by atoms with Gasteiger partial charge in [0.25, 0.3) is 0 Å². The number of carbonyl (C=O) groups excluding carboxylic acids is 2. The Morgan fingerprint density at radius 2 is 1.00 bits per heavy atom. The van der Waals surface area contributed by atoms with Crippen LogP contribution in [0.15, 0.2) is 84.9 Å². The van der Waals surface area contributed by atoms with Crippen LogP contribution in [-0.4, -0.2) is 22.8 Å². The first kappa shape index (κ1) is 22.6. The number of hydrogen-bond acceptors (Lipinski definition) is 4. The number of hydrogen-bond donors (Lipinski definition) is 1. The molecule has 0 radical (unpaired) electrons. The molecule has 194 valence electrons. The van der Waals surface area contributed by atoms with E-state index in [1.807, 2.05) is 92.7 Å². The number of phenolic OH excluding ortho intramolecular Hbond substituents is 1. The van der Waals surface area contributed by atoms with Crippen molar-refractivity contribution in [1.82, 2.24) is 0 Å². The number of fused-ring (bicyclic) bond motifs is 6. The van der Waals surface area contributed by atoms with Crippen molar-refractivity contribution in [3.63, 3.8) is 0 Å². The highest BCUT2D eigenvalue weighted by Crippen LogP contribution is 2.55. The third-order valence-corrected chi connectivity index (χ3v) is 8.82. The molecule has 0 saturated carbocycles. The van der Waals surface area contributed by atoms with Crippen LogP contribution in [-0.2, 0) is 0 Å². The Balaban J connectivity index is 1.58. The van der Waals surface area contributed by atoms with Crippen LogP contribution < -0.4 is 4.74 Å². The van der Waals surface area contributed by atoms with Crippen molar-refractivity contribution in [1.29, 1.82) is 0 Å². The van der Waals surface area contributed by atoms with Gasteiger partial charge >= 0.3 is 0 Å². The van der Waals surface area contributed by atoms with E-state index in [4.69, 9.17) is 4.74 Å². The lowest BCUT2D eigenvalue weighted by Crippen LogP contribution is -2.13. The fourth-order valence-corrected chi connectivity index (χ4v) is 7.31. The Hall–Kier alpha value is -5.22. The molecule has 0 aromatic heterocycles. The number of benzene rings is 7. The first-order valence-electron chi connectivity index (χ1n) is 13.9. The van der Waals surface area contributed by atoms with Crippen LogP contribution in [0, 0.1) is 0 Å². The summed E-state index contributed by atoms with van der Waals surface area (Å²) in [6.45, 7) is 3.97. The maximum absolute atomic E-state index is 13.8. The molecule has 0 bridgehead atoms. The Bertz CT molecular complexity index is 2360. The summed E-state index contributed by atoms with van der Waals surface area (Å²) in [5.41, 5.74) is 6.08. The molecule has 2 aliphatic rings. The third kappa shape index (κ3) is 2.65. The van der Waals surface area contributed by atoms with Crippen molar-refractivity contribution in [2.75, 3.05) is 0 Å². The van der Waals surface area contributed by atoms with Crippen molar-refractivity contribution in [2.45, 2.75) is 20.0 Å². The molecule has 7 aromatic carbocycles. The Labute approximate surface area is 234 Å². The molecule has 0 atom stereocenters. The standard InChI is InChI=1S/C37H22O4/c1-17(2)41-29-16-27-19-8-4-6-10-23(19)37(40)25-14-12-21-20-11-13-24-30-26(18-7-3-5-9-22(18)36(24)39)15-28(38)34(32(20)30)35(29)33(21)31(25)27/h3-17,38H,1-2H3. The average molecular weight is 531 g/mol. The van der Waals surface area contributed by atoms with E-state index >= 15 is 0 Å². The van der Waals surface area contributed by atoms with Gasteiger partial charge in [0.2, 0.25) is 0 Å². The summed E-state index contributed by atoms with van der Waals surface area (Å²) in [5, 5.41) is 18.6. The summed E-state index contributed by atoms with van der Waals surface area (Å²) >= 11 is 0. The molecule has 1 N–H and O–H groups in total. The Morgan fingerprint density at radius 1 is 0.512 bits per heavy atom. The van der Waals surface area contributed by atoms with E-state index in [-0.39, 0.29) is 23.4 Å². The molecule has 0 aliphatic heterocycles. The quantitative estimate of drug-likeness (QED) is 0.179. The van der Waals surface area contributed by atoms with E-state index in [9.17, 15) is 14.7 Å². The second kappa shape index (κ2) is 7.49. The molecule has 0 heterocycles. The molecule has 41 heavy (non-hydrogen) atoms. The normalized spacial score (nSPS) is 13.5. The van der Waals surface area contributed by atoms with E-state index in [1.165, 1.54) is 0 Å². The SMILES string of the molecule is CC(C)Oc1cc2c3c(ccc4c5ccc6c7c(cc(O)c(c1c34)c75)-c1ccccc1C6=O)C(=O)c1ccccc1-2. The van der Waals surface area contributed by atoms with E-state index in [1.54, 1.807) is 6.07 Å².